The quantitative estimate of drug-likeness (QED) is 0.814. The highest BCUT2D eigenvalue weighted by Crippen LogP contribution is 2.45. The summed E-state index contributed by atoms with van der Waals surface area (Å²) < 4.78 is 28.0. The highest BCUT2D eigenvalue weighted by atomic mass is 32.2. The second-order valence-electron chi connectivity index (χ2n) is 8.16. The van der Waals surface area contributed by atoms with E-state index in [1.807, 2.05) is 42.5 Å². The second kappa shape index (κ2) is 6.80. The average Bonchev–Trinajstić information content (AvgIpc) is 3.45. The van der Waals surface area contributed by atoms with Gasteiger partial charge in [-0.2, -0.15) is 0 Å². The molecule has 0 spiro atoms. The maximum absolute atomic E-state index is 12.7. The van der Waals surface area contributed by atoms with Gasteiger partial charge < -0.3 is 5.11 Å². The highest BCUT2D eigenvalue weighted by Gasteiger charge is 2.45. The van der Waals surface area contributed by atoms with Gasteiger partial charge in [0.1, 0.15) is 5.60 Å². The zero-order chi connectivity index (χ0) is 19.0. The fourth-order valence-electron chi connectivity index (χ4n) is 3.19. The summed E-state index contributed by atoms with van der Waals surface area (Å²) >= 11 is 0. The lowest BCUT2D eigenvalue weighted by Crippen LogP contribution is -2.42. The molecule has 1 saturated carbocycles. The van der Waals surface area contributed by atoms with E-state index in [9.17, 15) is 13.5 Å². The molecule has 140 valence electrons. The van der Waals surface area contributed by atoms with E-state index < -0.39 is 15.6 Å². The maximum atomic E-state index is 12.7. The van der Waals surface area contributed by atoms with E-state index in [4.69, 9.17) is 0 Å². The molecule has 0 aliphatic heterocycles. The molecular formula is C21H27NO3S. The molecule has 0 bridgehead atoms. The Kier molecular flexibility index (Phi) is 4.99. The SMILES string of the molecule is CC(C)(C)c1ccc(S(=O)(=O)NCC(O)(c2ccccc2)C2CC2)cc1. The summed E-state index contributed by atoms with van der Waals surface area (Å²) in [6, 6.07) is 16.3. The number of benzene rings is 2. The van der Waals surface area contributed by atoms with Gasteiger partial charge in [0.2, 0.25) is 10.0 Å². The largest absolute Gasteiger partial charge is 0.383 e. The third-order valence-electron chi connectivity index (χ3n) is 5.09. The molecule has 0 aromatic heterocycles. The van der Waals surface area contributed by atoms with Crippen molar-refractivity contribution >= 4 is 10.0 Å². The van der Waals surface area contributed by atoms with Crippen LogP contribution in [0, 0.1) is 5.92 Å². The lowest BCUT2D eigenvalue weighted by Gasteiger charge is -2.29. The molecule has 0 heterocycles. The Morgan fingerprint density at radius 3 is 2.04 bits per heavy atom. The molecule has 2 aromatic rings. The van der Waals surface area contributed by atoms with Crippen LogP contribution in [0.5, 0.6) is 0 Å². The lowest BCUT2D eigenvalue weighted by molar-refractivity contribution is 0.0185. The summed E-state index contributed by atoms with van der Waals surface area (Å²) in [4.78, 5) is 0.219. The predicted octanol–water partition coefficient (Wildman–Crippen LogP) is 3.56. The van der Waals surface area contributed by atoms with Crippen molar-refractivity contribution in [1.29, 1.82) is 0 Å². The minimum absolute atomic E-state index is 0.0228. The molecular weight excluding hydrogens is 346 g/mol. The molecule has 2 N–H and O–H groups in total. The Labute approximate surface area is 156 Å². The molecule has 1 aliphatic carbocycles. The van der Waals surface area contributed by atoms with Crippen molar-refractivity contribution in [3.63, 3.8) is 0 Å². The zero-order valence-corrected chi connectivity index (χ0v) is 16.4. The molecule has 1 atom stereocenters. The molecule has 0 radical (unpaired) electrons. The number of hydrogen-bond acceptors (Lipinski definition) is 3. The van der Waals surface area contributed by atoms with E-state index in [1.54, 1.807) is 12.1 Å². The van der Waals surface area contributed by atoms with Crippen LogP contribution in [0.2, 0.25) is 0 Å². The van der Waals surface area contributed by atoms with Gasteiger partial charge in [0.05, 0.1) is 4.90 Å². The number of hydrogen-bond donors (Lipinski definition) is 2. The van der Waals surface area contributed by atoms with Crippen LogP contribution in [0.1, 0.15) is 44.7 Å². The first-order valence-corrected chi connectivity index (χ1v) is 10.5. The molecule has 3 rings (SSSR count). The van der Waals surface area contributed by atoms with Gasteiger partial charge in [-0.3, -0.25) is 0 Å². The van der Waals surface area contributed by atoms with Crippen LogP contribution in [0.4, 0.5) is 0 Å². The lowest BCUT2D eigenvalue weighted by atomic mass is 9.87. The van der Waals surface area contributed by atoms with Gasteiger partial charge in [0.25, 0.3) is 0 Å². The van der Waals surface area contributed by atoms with Crippen molar-refractivity contribution in [2.24, 2.45) is 5.92 Å². The van der Waals surface area contributed by atoms with Crippen molar-refractivity contribution in [2.75, 3.05) is 6.54 Å². The summed E-state index contributed by atoms with van der Waals surface area (Å²) in [5.74, 6) is 0.0934. The molecule has 1 aliphatic rings. The van der Waals surface area contributed by atoms with Crippen LogP contribution in [0.25, 0.3) is 0 Å². The molecule has 2 aromatic carbocycles. The first kappa shape index (κ1) is 19.1. The predicted molar refractivity (Wildman–Crippen MR) is 103 cm³/mol. The second-order valence-corrected chi connectivity index (χ2v) is 9.93. The maximum Gasteiger partial charge on any atom is 0.240 e. The Balaban J connectivity index is 1.79. The van der Waals surface area contributed by atoms with E-state index in [0.717, 1.165) is 24.0 Å². The van der Waals surface area contributed by atoms with Crippen LogP contribution in [-0.4, -0.2) is 20.1 Å². The molecule has 4 nitrogen and oxygen atoms in total. The molecule has 1 unspecified atom stereocenters. The van der Waals surface area contributed by atoms with Crippen LogP contribution < -0.4 is 4.72 Å². The van der Waals surface area contributed by atoms with Crippen molar-refractivity contribution < 1.29 is 13.5 Å². The van der Waals surface area contributed by atoms with E-state index in [0.29, 0.717) is 0 Å². The fourth-order valence-corrected chi connectivity index (χ4v) is 4.26. The minimum Gasteiger partial charge on any atom is -0.383 e. The molecule has 1 fully saturated rings. The van der Waals surface area contributed by atoms with E-state index >= 15 is 0 Å². The fraction of sp³-hybridized carbons (Fsp3) is 0.429. The van der Waals surface area contributed by atoms with E-state index in [2.05, 4.69) is 25.5 Å². The van der Waals surface area contributed by atoms with Gasteiger partial charge in [-0.05, 0) is 47.4 Å². The Bertz CT molecular complexity index is 850. The Hall–Kier alpha value is -1.69. The zero-order valence-electron chi connectivity index (χ0n) is 15.6. The van der Waals surface area contributed by atoms with Crippen molar-refractivity contribution in [2.45, 2.75) is 49.5 Å². The summed E-state index contributed by atoms with van der Waals surface area (Å²) in [6.45, 7) is 6.24. The first-order valence-electron chi connectivity index (χ1n) is 9.01. The molecule has 5 heteroatoms. The van der Waals surface area contributed by atoms with E-state index in [1.165, 1.54) is 0 Å². The Morgan fingerprint density at radius 1 is 0.962 bits per heavy atom. The third-order valence-corrected chi connectivity index (χ3v) is 6.51. The van der Waals surface area contributed by atoms with Gasteiger partial charge in [-0.1, -0.05) is 63.2 Å². The minimum atomic E-state index is -3.68. The van der Waals surface area contributed by atoms with Gasteiger partial charge in [-0.15, -0.1) is 0 Å². The van der Waals surface area contributed by atoms with Crippen molar-refractivity contribution in [1.82, 2.24) is 4.72 Å². The molecule has 26 heavy (non-hydrogen) atoms. The topological polar surface area (TPSA) is 66.4 Å². The number of nitrogens with one attached hydrogen (secondary N) is 1. The van der Waals surface area contributed by atoms with Gasteiger partial charge >= 0.3 is 0 Å². The summed E-state index contributed by atoms with van der Waals surface area (Å²) in [5, 5.41) is 11.2. The van der Waals surface area contributed by atoms with Gasteiger partial charge in [-0.25, -0.2) is 13.1 Å². The van der Waals surface area contributed by atoms with E-state index in [-0.39, 0.29) is 22.8 Å². The molecule has 0 saturated heterocycles. The number of sulfonamides is 1. The highest BCUT2D eigenvalue weighted by molar-refractivity contribution is 7.89. The van der Waals surface area contributed by atoms with Gasteiger partial charge in [0.15, 0.2) is 0 Å². The monoisotopic (exact) mass is 373 g/mol. The standard InChI is InChI=1S/C21H27NO3S/c1-20(2,3)16-11-13-19(14-12-16)26(24,25)22-15-21(23,18-9-10-18)17-7-5-4-6-8-17/h4-8,11-14,18,22-23H,9-10,15H2,1-3H3. The normalized spacial score (nSPS) is 17.7. The summed E-state index contributed by atoms with van der Waals surface area (Å²) in [7, 11) is -3.68. The summed E-state index contributed by atoms with van der Waals surface area (Å²) in [6.07, 6.45) is 1.82. The Morgan fingerprint density at radius 2 is 1.54 bits per heavy atom. The van der Waals surface area contributed by atoms with Crippen molar-refractivity contribution in [3.8, 4) is 0 Å². The summed E-state index contributed by atoms with van der Waals surface area (Å²) in [5.41, 5.74) is 0.637. The number of aliphatic hydroxyl groups is 1. The van der Waals surface area contributed by atoms with Gasteiger partial charge in [0, 0.05) is 6.54 Å². The first-order chi connectivity index (χ1) is 12.1. The van der Waals surface area contributed by atoms with Crippen LogP contribution in [-0.2, 0) is 21.0 Å². The smallest absolute Gasteiger partial charge is 0.240 e. The van der Waals surface area contributed by atoms with Crippen LogP contribution >= 0.6 is 0 Å². The van der Waals surface area contributed by atoms with Crippen LogP contribution in [0.15, 0.2) is 59.5 Å². The van der Waals surface area contributed by atoms with Crippen molar-refractivity contribution in [3.05, 3.63) is 65.7 Å². The third kappa shape index (κ3) is 4.00. The molecule has 0 amide bonds. The number of rotatable bonds is 6. The average molecular weight is 374 g/mol. The van der Waals surface area contributed by atoms with Crippen LogP contribution in [0.3, 0.4) is 0 Å².